The molecule has 0 heterocycles. The van der Waals surface area contributed by atoms with Crippen molar-refractivity contribution in [3.8, 4) is 0 Å². The molecule has 5 unspecified atom stereocenters. The first-order valence-electron chi connectivity index (χ1n) is 45.8. The number of phosphoric acid groups is 2. The van der Waals surface area contributed by atoms with E-state index in [2.05, 4.69) is 142 Å². The van der Waals surface area contributed by atoms with Crippen LogP contribution in [0, 0.1) is 0 Å². The second-order valence-corrected chi connectivity index (χ2v) is 33.6. The zero-order valence-corrected chi connectivity index (χ0v) is 73.8. The Hall–Kier alpha value is -4.05. The maximum Gasteiger partial charge on any atom is 0.472 e. The van der Waals surface area contributed by atoms with Gasteiger partial charge in [0.2, 0.25) is 0 Å². The molecule has 0 aromatic carbocycles. The van der Waals surface area contributed by atoms with Gasteiger partial charge >= 0.3 is 33.6 Å². The molecule has 0 aliphatic carbocycles. The number of allylic oxidation sites excluding steroid dienone is 20. The molecule has 16 nitrogen and oxygen atoms in total. The lowest BCUT2D eigenvalue weighted by Crippen LogP contribution is -2.30. The third-order valence-electron chi connectivity index (χ3n) is 19.7. The van der Waals surface area contributed by atoms with Crippen LogP contribution in [-0.2, 0) is 55.8 Å². The highest BCUT2D eigenvalue weighted by Crippen LogP contribution is 2.45. The van der Waals surface area contributed by atoms with E-state index in [9.17, 15) is 43.5 Å². The number of carbonyl (C=O) groups is 3. The Balaban J connectivity index is 4.38. The molecule has 0 saturated carbocycles. The van der Waals surface area contributed by atoms with Crippen molar-refractivity contribution in [3.05, 3.63) is 122 Å². The maximum absolute atomic E-state index is 13.0. The van der Waals surface area contributed by atoms with Gasteiger partial charge < -0.3 is 34.2 Å². The lowest BCUT2D eigenvalue weighted by Gasteiger charge is -2.21. The lowest BCUT2D eigenvalue weighted by atomic mass is 10.0. The average molecular weight is 1630 g/mol. The Kier molecular flexibility index (Phi) is 84.1. The summed E-state index contributed by atoms with van der Waals surface area (Å²) in [4.78, 5) is 58.8. The van der Waals surface area contributed by atoms with Gasteiger partial charge in [0.15, 0.2) is 6.10 Å². The molecule has 0 fully saturated rings. The fraction of sp³-hybridized carbons (Fsp3) is 0.758. The minimum absolute atomic E-state index is 0.109. The minimum Gasteiger partial charge on any atom is -0.463 e. The van der Waals surface area contributed by atoms with Crippen LogP contribution in [0.1, 0.15) is 406 Å². The fourth-order valence-corrected chi connectivity index (χ4v) is 14.4. The number of ether oxygens (including phenoxy) is 3. The quantitative estimate of drug-likeness (QED) is 0.0146. The smallest absolute Gasteiger partial charge is 0.463 e. The summed E-state index contributed by atoms with van der Waals surface area (Å²) < 4.78 is 61.4. The summed E-state index contributed by atoms with van der Waals surface area (Å²) in [5.74, 6) is -1.55. The SMILES string of the molecule is CC/C=C\C/C=C\C/C=C\C/C=C\C/C=C\CCCCCCCCCCCCCCCCCCCC(=O)OCC(O)COP(=O)(O)OCC(O)COP(=O)(O)OCC(COC(=O)CCCCCCCCCCCCCCCCC/C=C\C/C=C\C/C=C\C/C=C\C/C=C\CC)OC(=O)CCCCCCCCCCCCCCC. The van der Waals surface area contributed by atoms with Gasteiger partial charge in [-0.15, -0.1) is 0 Å². The van der Waals surface area contributed by atoms with Crippen LogP contribution in [-0.4, -0.2) is 95.9 Å². The van der Waals surface area contributed by atoms with Crippen LogP contribution in [0.3, 0.4) is 0 Å². The van der Waals surface area contributed by atoms with Gasteiger partial charge in [-0.05, 0) is 109 Å². The van der Waals surface area contributed by atoms with Crippen molar-refractivity contribution in [1.29, 1.82) is 0 Å². The van der Waals surface area contributed by atoms with Gasteiger partial charge in [0.1, 0.15) is 25.4 Å². The zero-order chi connectivity index (χ0) is 82.2. The van der Waals surface area contributed by atoms with Crippen molar-refractivity contribution < 1.29 is 75.8 Å². The first kappa shape index (κ1) is 109. The molecular formula is C95H168O16P2. The molecular weight excluding hydrogens is 1460 g/mol. The predicted molar refractivity (Wildman–Crippen MR) is 473 cm³/mol. The third kappa shape index (κ3) is 88.6. The molecule has 654 valence electrons. The van der Waals surface area contributed by atoms with Crippen molar-refractivity contribution in [2.75, 3.05) is 39.6 Å². The summed E-state index contributed by atoms with van der Waals surface area (Å²) in [6.07, 6.45) is 107. The van der Waals surface area contributed by atoms with Gasteiger partial charge in [-0.2, -0.15) is 0 Å². The number of unbranched alkanes of at least 4 members (excludes halogenated alkanes) is 44. The van der Waals surface area contributed by atoms with Gasteiger partial charge in [0, 0.05) is 19.3 Å². The molecule has 0 aliphatic rings. The zero-order valence-electron chi connectivity index (χ0n) is 72.0. The van der Waals surface area contributed by atoms with Crippen molar-refractivity contribution in [1.82, 2.24) is 0 Å². The summed E-state index contributed by atoms with van der Waals surface area (Å²) in [6.45, 7) is 2.53. The molecule has 18 heteroatoms. The molecule has 0 aliphatic heterocycles. The number of aliphatic hydroxyl groups excluding tert-OH is 2. The summed E-state index contributed by atoms with van der Waals surface area (Å²) >= 11 is 0. The van der Waals surface area contributed by atoms with Crippen LogP contribution in [0.2, 0.25) is 0 Å². The van der Waals surface area contributed by atoms with Crippen LogP contribution in [0.4, 0.5) is 0 Å². The summed E-state index contributed by atoms with van der Waals surface area (Å²) in [5.41, 5.74) is 0. The van der Waals surface area contributed by atoms with E-state index in [0.717, 1.165) is 128 Å². The highest BCUT2D eigenvalue weighted by molar-refractivity contribution is 7.47. The van der Waals surface area contributed by atoms with Gasteiger partial charge in [-0.25, -0.2) is 9.13 Å². The monoisotopic (exact) mass is 1630 g/mol. The highest BCUT2D eigenvalue weighted by atomic mass is 31.2. The average Bonchev–Trinajstić information content (AvgIpc) is 0.903. The van der Waals surface area contributed by atoms with Gasteiger partial charge in [0.05, 0.1) is 26.4 Å². The molecule has 113 heavy (non-hydrogen) atoms. The first-order valence-corrected chi connectivity index (χ1v) is 48.8. The minimum atomic E-state index is -4.93. The second-order valence-electron chi connectivity index (χ2n) is 30.7. The van der Waals surface area contributed by atoms with Crippen LogP contribution in [0.5, 0.6) is 0 Å². The van der Waals surface area contributed by atoms with Gasteiger partial charge in [-0.1, -0.05) is 399 Å². The van der Waals surface area contributed by atoms with E-state index in [1.807, 2.05) is 0 Å². The van der Waals surface area contributed by atoms with E-state index < -0.39 is 91.5 Å². The van der Waals surface area contributed by atoms with E-state index in [1.165, 1.54) is 218 Å². The maximum atomic E-state index is 13.0. The number of aliphatic hydroxyl groups is 2. The van der Waals surface area contributed by atoms with Crippen LogP contribution < -0.4 is 0 Å². The topological polar surface area (TPSA) is 231 Å². The molecule has 0 aromatic heterocycles. The molecule has 0 spiro atoms. The van der Waals surface area contributed by atoms with Crippen molar-refractivity contribution in [3.63, 3.8) is 0 Å². The number of carbonyl (C=O) groups excluding carboxylic acids is 3. The Morgan fingerprint density at radius 2 is 0.469 bits per heavy atom. The van der Waals surface area contributed by atoms with Crippen LogP contribution in [0.15, 0.2) is 122 Å². The molecule has 0 radical (unpaired) electrons. The highest BCUT2D eigenvalue weighted by Gasteiger charge is 2.29. The van der Waals surface area contributed by atoms with Crippen molar-refractivity contribution >= 4 is 33.6 Å². The molecule has 5 atom stereocenters. The normalized spacial score (nSPS) is 14.4. The summed E-state index contributed by atoms with van der Waals surface area (Å²) in [5, 5.41) is 20.7. The fourth-order valence-electron chi connectivity index (χ4n) is 12.8. The number of phosphoric ester groups is 2. The van der Waals surface area contributed by atoms with E-state index in [4.69, 9.17) is 32.3 Å². The first-order chi connectivity index (χ1) is 55.2. The Morgan fingerprint density at radius 3 is 0.743 bits per heavy atom. The lowest BCUT2D eigenvalue weighted by molar-refractivity contribution is -0.161. The summed E-state index contributed by atoms with van der Waals surface area (Å²) in [6, 6.07) is 0. The molecule has 0 rings (SSSR count). The molecule has 0 amide bonds. The second kappa shape index (κ2) is 87.3. The number of hydrogen-bond acceptors (Lipinski definition) is 14. The van der Waals surface area contributed by atoms with E-state index >= 15 is 0 Å². The molecule has 0 bridgehead atoms. The Labute approximate surface area is 691 Å². The Morgan fingerprint density at radius 1 is 0.257 bits per heavy atom. The standard InChI is InChI=1S/C95H168O16P2/c1-4-7-10-13-16-19-22-25-27-29-31-33-35-37-39-41-43-44-46-48-49-51-53-55-57-59-61-64-66-69-72-75-78-81-93(98)105-84-90(96)85-107-112(101,102)108-86-91(97)87-109-113(103,104)110-89-92(111-95(100)83-80-77-74-71-68-63-24-21-18-15-12-9-6-3)88-106-94(99)82-79-76-73-70-67-65-62-60-58-56-54-52-50-47-45-42-40-38-36-34-32-30-28-26-23-20-17-14-11-8-5-2/h7-8,10-11,16-17,19-20,25-28,31-34,37-40,90-92,96-97H,4-6,9,12-15,18,21-24,29-30,35-36,41-89H2,1-3H3,(H,101,102)(H,103,104)/b10-7-,11-8-,19-16-,20-17-,27-25-,28-26-,33-31-,34-32-,39-37-,40-38-. The number of esters is 3. The Bertz CT molecular complexity index is 2540. The van der Waals surface area contributed by atoms with Crippen LogP contribution >= 0.6 is 15.6 Å². The van der Waals surface area contributed by atoms with Crippen LogP contribution in [0.25, 0.3) is 0 Å². The third-order valence-corrected chi connectivity index (χ3v) is 21.6. The van der Waals surface area contributed by atoms with Gasteiger partial charge in [0.25, 0.3) is 0 Å². The largest absolute Gasteiger partial charge is 0.472 e. The van der Waals surface area contributed by atoms with E-state index in [-0.39, 0.29) is 19.3 Å². The number of hydrogen-bond donors (Lipinski definition) is 4. The van der Waals surface area contributed by atoms with Crippen molar-refractivity contribution in [2.24, 2.45) is 0 Å². The molecule has 0 saturated heterocycles. The van der Waals surface area contributed by atoms with Crippen molar-refractivity contribution in [2.45, 2.75) is 424 Å². The van der Waals surface area contributed by atoms with E-state index in [0.29, 0.717) is 19.3 Å². The van der Waals surface area contributed by atoms with E-state index in [1.54, 1.807) is 0 Å². The molecule has 0 aromatic rings. The summed E-state index contributed by atoms with van der Waals surface area (Å²) in [7, 11) is -9.79. The molecule has 4 N–H and O–H groups in total. The number of rotatable bonds is 87. The predicted octanol–water partition coefficient (Wildman–Crippen LogP) is 28.0. The van der Waals surface area contributed by atoms with Gasteiger partial charge in [-0.3, -0.25) is 32.5 Å².